The van der Waals surface area contributed by atoms with E-state index in [1.54, 1.807) is 0 Å². The Hall–Kier alpha value is -1.47. The van der Waals surface area contributed by atoms with Gasteiger partial charge in [0.1, 0.15) is 23.1 Å². The SMILES string of the molecule is C[SiH2]OC(C)(c1nc2c(cc1C(O)CO[Si](C)(C)C(C)(C)C)C[C@@H]1CN(C(=O)OC(C)(C)C)C[C@@H](C)N21)C(C)(C)C(C)C. The Labute approximate surface area is 265 Å². The molecule has 10 heteroatoms. The maximum absolute atomic E-state index is 13.0. The van der Waals surface area contributed by atoms with Gasteiger partial charge in [-0.05, 0) is 76.7 Å². The molecule has 43 heavy (non-hydrogen) atoms. The molecule has 2 aliphatic heterocycles. The molecule has 0 radical (unpaired) electrons. The van der Waals surface area contributed by atoms with Crippen LogP contribution in [0.3, 0.4) is 0 Å². The van der Waals surface area contributed by atoms with Crippen molar-refractivity contribution in [3.8, 4) is 0 Å². The number of piperazine rings is 1. The van der Waals surface area contributed by atoms with E-state index in [1.165, 1.54) is 0 Å². The normalized spacial score (nSPS) is 22.2. The molecular formula is C33H61N3O5Si2. The Morgan fingerprint density at radius 2 is 1.72 bits per heavy atom. The molecule has 0 aromatic carbocycles. The average Bonchev–Trinajstić information content (AvgIpc) is 3.22. The number of amides is 1. The molecule has 0 bridgehead atoms. The number of nitrogens with zero attached hydrogens (tertiary/aromatic N) is 3. The third-order valence-corrected chi connectivity index (χ3v) is 15.9. The number of hydrogen-bond acceptors (Lipinski definition) is 7. The summed E-state index contributed by atoms with van der Waals surface area (Å²) in [5.41, 5.74) is 1.21. The summed E-state index contributed by atoms with van der Waals surface area (Å²) in [6.07, 6.45) is -0.349. The summed E-state index contributed by atoms with van der Waals surface area (Å²) in [4.78, 5) is 22.7. The van der Waals surface area contributed by atoms with Crippen molar-refractivity contribution in [3.05, 3.63) is 22.9 Å². The highest BCUT2D eigenvalue weighted by Gasteiger charge is 2.50. The summed E-state index contributed by atoms with van der Waals surface area (Å²) in [5, 5.41) is 11.9. The van der Waals surface area contributed by atoms with E-state index < -0.39 is 35.4 Å². The smallest absolute Gasteiger partial charge is 0.410 e. The van der Waals surface area contributed by atoms with Gasteiger partial charge in [-0.3, -0.25) is 0 Å². The van der Waals surface area contributed by atoms with Gasteiger partial charge in [-0.2, -0.15) is 0 Å². The minimum Gasteiger partial charge on any atom is -0.444 e. The minimum atomic E-state index is -2.09. The van der Waals surface area contributed by atoms with Crippen molar-refractivity contribution in [3.63, 3.8) is 0 Å². The number of aliphatic hydroxyl groups excluding tert-OH is 1. The number of ether oxygens (including phenoxy) is 1. The lowest BCUT2D eigenvalue weighted by atomic mass is 9.66. The lowest BCUT2D eigenvalue weighted by Gasteiger charge is -2.48. The van der Waals surface area contributed by atoms with Gasteiger partial charge in [-0.1, -0.05) is 55.0 Å². The first-order valence-corrected chi connectivity index (χ1v) is 21.1. The van der Waals surface area contributed by atoms with Gasteiger partial charge in [0.15, 0.2) is 18.1 Å². The number of rotatable bonds is 9. The number of aromatic nitrogens is 1. The maximum atomic E-state index is 13.0. The summed E-state index contributed by atoms with van der Waals surface area (Å²) in [6.45, 7) is 33.6. The molecule has 1 saturated heterocycles. The second kappa shape index (κ2) is 12.4. The fraction of sp³-hybridized carbons (Fsp3) is 0.818. The van der Waals surface area contributed by atoms with E-state index >= 15 is 0 Å². The van der Waals surface area contributed by atoms with Crippen molar-refractivity contribution in [2.24, 2.45) is 11.3 Å². The van der Waals surface area contributed by atoms with Crippen LogP contribution in [0.5, 0.6) is 0 Å². The van der Waals surface area contributed by atoms with E-state index in [-0.39, 0.29) is 35.2 Å². The van der Waals surface area contributed by atoms with Crippen LogP contribution in [-0.2, 0) is 25.6 Å². The molecule has 1 aromatic rings. The van der Waals surface area contributed by atoms with Crippen LogP contribution in [0.4, 0.5) is 10.6 Å². The molecular weight excluding hydrogens is 575 g/mol. The molecule has 1 N–H and O–H groups in total. The lowest BCUT2D eigenvalue weighted by molar-refractivity contribution is -0.0636. The van der Waals surface area contributed by atoms with Gasteiger partial charge in [0, 0.05) is 30.1 Å². The van der Waals surface area contributed by atoms with E-state index in [1.807, 2.05) is 25.7 Å². The van der Waals surface area contributed by atoms with E-state index in [0.717, 1.165) is 29.1 Å². The van der Waals surface area contributed by atoms with Crippen molar-refractivity contribution < 1.29 is 23.5 Å². The Kier molecular flexibility index (Phi) is 10.4. The molecule has 1 aromatic heterocycles. The molecule has 0 spiro atoms. The first-order chi connectivity index (χ1) is 19.5. The first kappa shape index (κ1) is 36.0. The second-order valence-corrected chi connectivity index (χ2v) is 22.0. The van der Waals surface area contributed by atoms with Gasteiger partial charge in [-0.25, -0.2) is 9.78 Å². The van der Waals surface area contributed by atoms with E-state index in [2.05, 4.69) is 92.9 Å². The van der Waals surface area contributed by atoms with E-state index in [4.69, 9.17) is 18.6 Å². The van der Waals surface area contributed by atoms with Gasteiger partial charge < -0.3 is 28.5 Å². The highest BCUT2D eigenvalue weighted by atomic mass is 28.4. The quantitative estimate of drug-likeness (QED) is 0.308. The summed E-state index contributed by atoms with van der Waals surface area (Å²) < 4.78 is 19.1. The molecule has 0 aliphatic carbocycles. The first-order valence-electron chi connectivity index (χ1n) is 16.2. The van der Waals surface area contributed by atoms with Gasteiger partial charge in [0.25, 0.3) is 0 Å². The maximum Gasteiger partial charge on any atom is 0.410 e. The van der Waals surface area contributed by atoms with Crippen LogP contribution in [0.2, 0.25) is 24.7 Å². The van der Waals surface area contributed by atoms with Crippen LogP contribution < -0.4 is 4.90 Å². The molecule has 1 fully saturated rings. The van der Waals surface area contributed by atoms with Gasteiger partial charge in [0.2, 0.25) is 0 Å². The zero-order chi connectivity index (χ0) is 32.9. The fourth-order valence-corrected chi connectivity index (χ4v) is 8.12. The standard InChI is InChI=1S/C33H61N3O5Si2/c1-21(2)32(10,11)33(12,41-42-13)27-25(26(37)20-39-43(14,15)31(7,8)9)17-23-16-24-19-35(29(38)40-30(4,5)6)18-22(3)36(24)28(23)34-27/h17,21-22,24,26,37H,16,18-20,42H2,1-15H3/t22-,24-,26?,33?/m1/s1. The average molecular weight is 636 g/mol. The zero-order valence-corrected chi connectivity index (χ0v) is 32.3. The number of hydrogen-bond donors (Lipinski definition) is 1. The van der Waals surface area contributed by atoms with Crippen LogP contribution in [-0.4, -0.2) is 76.5 Å². The molecule has 0 saturated carbocycles. The number of aliphatic hydroxyl groups is 1. The van der Waals surface area contributed by atoms with Crippen LogP contribution in [0.1, 0.15) is 106 Å². The molecule has 246 valence electrons. The monoisotopic (exact) mass is 635 g/mol. The second-order valence-electron chi connectivity index (χ2n) is 16.3. The number of pyridine rings is 1. The van der Waals surface area contributed by atoms with Gasteiger partial charge >= 0.3 is 6.09 Å². The molecule has 4 atom stereocenters. The molecule has 2 unspecified atom stereocenters. The zero-order valence-electron chi connectivity index (χ0n) is 29.8. The predicted molar refractivity (Wildman–Crippen MR) is 181 cm³/mol. The number of fused-ring (bicyclic) bond motifs is 3. The highest BCUT2D eigenvalue weighted by molar-refractivity contribution is 6.74. The van der Waals surface area contributed by atoms with Crippen molar-refractivity contribution in [2.45, 2.75) is 144 Å². The van der Waals surface area contributed by atoms with Gasteiger partial charge in [-0.15, -0.1) is 0 Å². The fourth-order valence-electron chi connectivity index (χ4n) is 6.02. The van der Waals surface area contributed by atoms with Crippen LogP contribution in [0, 0.1) is 11.3 Å². The molecule has 3 heterocycles. The van der Waals surface area contributed by atoms with Gasteiger partial charge in [0.05, 0.1) is 18.3 Å². The molecule has 3 rings (SSSR count). The third-order valence-electron chi connectivity index (χ3n) is 10.6. The van der Waals surface area contributed by atoms with Crippen molar-refractivity contribution >= 4 is 30.0 Å². The van der Waals surface area contributed by atoms with Crippen LogP contribution in [0.15, 0.2) is 6.07 Å². The van der Waals surface area contributed by atoms with Crippen molar-refractivity contribution in [1.29, 1.82) is 0 Å². The number of carbonyl (C=O) groups is 1. The Morgan fingerprint density at radius 1 is 1.12 bits per heavy atom. The van der Waals surface area contributed by atoms with E-state index in [0.29, 0.717) is 19.0 Å². The molecule has 8 nitrogen and oxygen atoms in total. The number of carbonyl (C=O) groups excluding carboxylic acids is 1. The Bertz CT molecular complexity index is 1160. The summed E-state index contributed by atoms with van der Waals surface area (Å²) in [5.74, 6) is 1.26. The van der Waals surface area contributed by atoms with E-state index in [9.17, 15) is 9.90 Å². The topological polar surface area (TPSA) is 84.4 Å². The largest absolute Gasteiger partial charge is 0.444 e. The summed E-state index contributed by atoms with van der Waals surface area (Å²) >= 11 is 0. The Balaban J connectivity index is 2.11. The minimum absolute atomic E-state index is 0.0376. The summed E-state index contributed by atoms with van der Waals surface area (Å²) in [6, 6.07) is 2.32. The lowest BCUT2D eigenvalue weighted by Crippen LogP contribution is -2.58. The number of anilines is 1. The van der Waals surface area contributed by atoms with Crippen molar-refractivity contribution in [2.75, 3.05) is 24.6 Å². The Morgan fingerprint density at radius 3 is 2.23 bits per heavy atom. The van der Waals surface area contributed by atoms with Crippen molar-refractivity contribution in [1.82, 2.24) is 9.88 Å². The van der Waals surface area contributed by atoms with Crippen LogP contribution in [0.25, 0.3) is 0 Å². The van der Waals surface area contributed by atoms with Crippen LogP contribution >= 0.6 is 0 Å². The molecule has 1 amide bonds. The third kappa shape index (κ3) is 7.18. The predicted octanol–water partition coefficient (Wildman–Crippen LogP) is 6.55. The molecule has 2 aliphatic rings. The highest BCUT2D eigenvalue weighted by Crippen LogP contribution is 2.50. The summed E-state index contributed by atoms with van der Waals surface area (Å²) in [7, 11) is -2.92.